The molecule has 0 aliphatic carbocycles. The average molecular weight is 292 g/mol. The number of halogens is 2. The van der Waals surface area contributed by atoms with Crippen LogP contribution in [0.3, 0.4) is 0 Å². The van der Waals surface area contributed by atoms with E-state index in [-0.39, 0.29) is 16.3 Å². The fourth-order valence-electron chi connectivity index (χ4n) is 1.60. The van der Waals surface area contributed by atoms with Gasteiger partial charge < -0.3 is 5.32 Å². The van der Waals surface area contributed by atoms with Crippen LogP contribution in [0.15, 0.2) is 36.4 Å². The van der Waals surface area contributed by atoms with Crippen LogP contribution in [0.5, 0.6) is 0 Å². The topological polar surface area (TPSA) is 79.0 Å². The van der Waals surface area contributed by atoms with Gasteiger partial charge in [0.05, 0.1) is 15.6 Å². The van der Waals surface area contributed by atoms with Gasteiger partial charge in [0.1, 0.15) is 17.4 Å². The van der Waals surface area contributed by atoms with E-state index >= 15 is 0 Å². The van der Waals surface area contributed by atoms with E-state index < -0.39 is 10.7 Å². The molecule has 2 rings (SSSR count). The molecule has 0 fully saturated rings. The molecule has 0 atom stereocenters. The summed E-state index contributed by atoms with van der Waals surface area (Å²) >= 11 is 5.85. The molecule has 0 bridgehead atoms. The number of benzene rings is 2. The zero-order valence-corrected chi connectivity index (χ0v) is 10.7. The van der Waals surface area contributed by atoms with Gasteiger partial charge in [-0.2, -0.15) is 5.26 Å². The van der Waals surface area contributed by atoms with Crippen LogP contribution in [0.2, 0.25) is 5.02 Å². The lowest BCUT2D eigenvalue weighted by atomic mass is 10.1. The first kappa shape index (κ1) is 13.8. The SMILES string of the molecule is N#Cc1ccc(Nc2ccc(F)cc2Cl)cc1[N+](=O)[O-]. The Balaban J connectivity index is 2.37. The highest BCUT2D eigenvalue weighted by molar-refractivity contribution is 6.33. The Kier molecular flexibility index (Phi) is 3.82. The summed E-state index contributed by atoms with van der Waals surface area (Å²) < 4.78 is 12.9. The Morgan fingerprint density at radius 1 is 1.30 bits per heavy atom. The Morgan fingerprint density at radius 2 is 2.05 bits per heavy atom. The minimum absolute atomic E-state index is 0.0363. The first-order chi connectivity index (χ1) is 9.51. The summed E-state index contributed by atoms with van der Waals surface area (Å²) in [5.74, 6) is -0.480. The van der Waals surface area contributed by atoms with Gasteiger partial charge in [-0.1, -0.05) is 11.6 Å². The predicted molar refractivity (Wildman–Crippen MR) is 72.5 cm³/mol. The first-order valence-electron chi connectivity index (χ1n) is 5.42. The van der Waals surface area contributed by atoms with Crippen LogP contribution in [0.1, 0.15) is 5.56 Å². The highest BCUT2D eigenvalue weighted by Crippen LogP contribution is 2.29. The lowest BCUT2D eigenvalue weighted by molar-refractivity contribution is -0.385. The van der Waals surface area contributed by atoms with Gasteiger partial charge >= 0.3 is 0 Å². The molecule has 7 heteroatoms. The number of nitrogens with zero attached hydrogens (tertiary/aromatic N) is 2. The molecule has 0 unspecified atom stereocenters. The molecule has 20 heavy (non-hydrogen) atoms. The minimum Gasteiger partial charge on any atom is -0.354 e. The maximum atomic E-state index is 12.9. The maximum absolute atomic E-state index is 12.9. The Hall–Kier alpha value is -2.65. The summed E-state index contributed by atoms with van der Waals surface area (Å²) in [6, 6.07) is 9.56. The van der Waals surface area contributed by atoms with Gasteiger partial charge in [-0.15, -0.1) is 0 Å². The first-order valence-corrected chi connectivity index (χ1v) is 5.79. The van der Waals surface area contributed by atoms with E-state index in [1.807, 2.05) is 0 Å². The maximum Gasteiger partial charge on any atom is 0.289 e. The monoisotopic (exact) mass is 291 g/mol. The lowest BCUT2D eigenvalue weighted by Gasteiger charge is -2.08. The second kappa shape index (κ2) is 5.55. The van der Waals surface area contributed by atoms with Crippen molar-refractivity contribution in [3.8, 4) is 6.07 Å². The standard InChI is InChI=1S/C13H7ClFN3O2/c14-11-5-9(15)2-4-12(11)17-10-3-1-8(7-16)13(6-10)18(19)20/h1-6,17H. The Bertz CT molecular complexity index is 728. The fourth-order valence-corrected chi connectivity index (χ4v) is 1.82. The molecule has 0 amide bonds. The van der Waals surface area contributed by atoms with E-state index in [1.54, 1.807) is 6.07 Å². The average Bonchev–Trinajstić information content (AvgIpc) is 2.41. The van der Waals surface area contributed by atoms with Crippen LogP contribution in [0.4, 0.5) is 21.5 Å². The highest BCUT2D eigenvalue weighted by Gasteiger charge is 2.14. The summed E-state index contributed by atoms with van der Waals surface area (Å²) in [6.45, 7) is 0. The van der Waals surface area contributed by atoms with Crippen molar-refractivity contribution in [2.24, 2.45) is 0 Å². The van der Waals surface area contributed by atoms with E-state index in [1.165, 1.54) is 30.3 Å². The van der Waals surface area contributed by atoms with E-state index in [2.05, 4.69) is 5.32 Å². The molecular weight excluding hydrogens is 285 g/mol. The number of hydrogen-bond donors (Lipinski definition) is 1. The van der Waals surface area contributed by atoms with Crippen molar-refractivity contribution < 1.29 is 9.31 Å². The Morgan fingerprint density at radius 3 is 2.65 bits per heavy atom. The molecule has 2 aromatic rings. The van der Waals surface area contributed by atoms with Gasteiger partial charge in [-0.05, 0) is 30.3 Å². The number of nitro benzene ring substituents is 1. The molecule has 0 aliphatic heterocycles. The zero-order valence-electron chi connectivity index (χ0n) is 9.93. The molecule has 2 aromatic carbocycles. The molecule has 0 aromatic heterocycles. The van der Waals surface area contributed by atoms with E-state index in [0.29, 0.717) is 11.4 Å². The third-order valence-electron chi connectivity index (χ3n) is 2.53. The molecule has 1 N–H and O–H groups in total. The number of nitro groups is 1. The van der Waals surface area contributed by atoms with Crippen molar-refractivity contribution in [2.75, 3.05) is 5.32 Å². The molecule has 0 aliphatic rings. The van der Waals surface area contributed by atoms with Gasteiger partial charge in [0.25, 0.3) is 5.69 Å². The van der Waals surface area contributed by atoms with E-state index in [0.717, 1.165) is 6.07 Å². The molecule has 5 nitrogen and oxygen atoms in total. The van der Waals surface area contributed by atoms with Crippen LogP contribution in [-0.2, 0) is 0 Å². The summed E-state index contributed by atoms with van der Waals surface area (Å²) in [5, 5.41) is 22.6. The molecule has 0 saturated carbocycles. The highest BCUT2D eigenvalue weighted by atomic mass is 35.5. The number of anilines is 2. The van der Waals surface area contributed by atoms with E-state index in [4.69, 9.17) is 16.9 Å². The summed E-state index contributed by atoms with van der Waals surface area (Å²) in [4.78, 5) is 10.2. The second-order valence-electron chi connectivity index (χ2n) is 3.85. The van der Waals surface area contributed by atoms with Crippen LogP contribution < -0.4 is 5.32 Å². The normalized spacial score (nSPS) is 9.85. The molecular formula is C13H7ClFN3O2. The predicted octanol–water partition coefficient (Wildman–Crippen LogP) is 4.00. The molecule has 0 radical (unpaired) electrons. The van der Waals surface area contributed by atoms with Crippen LogP contribution in [-0.4, -0.2) is 4.92 Å². The molecule has 100 valence electrons. The van der Waals surface area contributed by atoms with Crippen molar-refractivity contribution >= 4 is 28.7 Å². The van der Waals surface area contributed by atoms with E-state index in [9.17, 15) is 14.5 Å². The minimum atomic E-state index is -0.643. The summed E-state index contributed by atoms with van der Waals surface area (Å²) in [7, 11) is 0. The van der Waals surface area contributed by atoms with Gasteiger partial charge in [-0.3, -0.25) is 10.1 Å². The number of rotatable bonds is 3. The number of nitriles is 1. The fraction of sp³-hybridized carbons (Fsp3) is 0. The largest absolute Gasteiger partial charge is 0.354 e. The third-order valence-corrected chi connectivity index (χ3v) is 2.84. The van der Waals surface area contributed by atoms with Crippen LogP contribution >= 0.6 is 11.6 Å². The summed E-state index contributed by atoms with van der Waals surface area (Å²) in [6.07, 6.45) is 0. The summed E-state index contributed by atoms with van der Waals surface area (Å²) in [5.41, 5.74) is 0.442. The molecule has 0 saturated heterocycles. The van der Waals surface area contributed by atoms with Crippen molar-refractivity contribution in [3.05, 3.63) is 62.9 Å². The third kappa shape index (κ3) is 2.84. The Labute approximate surface area is 118 Å². The smallest absolute Gasteiger partial charge is 0.289 e. The zero-order chi connectivity index (χ0) is 14.7. The van der Waals surface area contributed by atoms with Crippen molar-refractivity contribution in [3.63, 3.8) is 0 Å². The van der Waals surface area contributed by atoms with Gasteiger partial charge in [-0.25, -0.2) is 4.39 Å². The quantitative estimate of drug-likeness (QED) is 0.684. The lowest BCUT2D eigenvalue weighted by Crippen LogP contribution is -1.96. The molecule has 0 heterocycles. The van der Waals surface area contributed by atoms with Crippen molar-refractivity contribution in [1.29, 1.82) is 5.26 Å². The van der Waals surface area contributed by atoms with Gasteiger partial charge in [0.15, 0.2) is 0 Å². The van der Waals surface area contributed by atoms with Gasteiger partial charge in [0, 0.05) is 11.8 Å². The van der Waals surface area contributed by atoms with Crippen LogP contribution in [0.25, 0.3) is 0 Å². The molecule has 0 spiro atoms. The van der Waals surface area contributed by atoms with Gasteiger partial charge in [0.2, 0.25) is 0 Å². The van der Waals surface area contributed by atoms with Crippen molar-refractivity contribution in [1.82, 2.24) is 0 Å². The number of nitrogens with one attached hydrogen (secondary N) is 1. The second-order valence-corrected chi connectivity index (χ2v) is 4.26. The number of hydrogen-bond acceptors (Lipinski definition) is 4. The van der Waals surface area contributed by atoms with Crippen LogP contribution in [0, 0.1) is 27.3 Å². The van der Waals surface area contributed by atoms with Crippen molar-refractivity contribution in [2.45, 2.75) is 0 Å².